The van der Waals surface area contributed by atoms with Crippen molar-refractivity contribution >= 4 is 46.0 Å². The van der Waals surface area contributed by atoms with E-state index in [1.165, 1.54) is 6.07 Å². The summed E-state index contributed by atoms with van der Waals surface area (Å²) in [6, 6.07) is 6.18. The van der Waals surface area contributed by atoms with Crippen molar-refractivity contribution in [2.24, 2.45) is 0 Å². The van der Waals surface area contributed by atoms with E-state index in [2.05, 4.69) is 20.6 Å². The highest BCUT2D eigenvalue weighted by molar-refractivity contribution is 6.39. The Hall–Kier alpha value is -2.19. The van der Waals surface area contributed by atoms with Crippen LogP contribution in [0.4, 0.5) is 26.0 Å². The first kappa shape index (κ1) is 14.7. The number of hydrogen-bond donors (Lipinski definition) is 2. The number of aromatic nitrogens is 4. The topological polar surface area (TPSA) is 81.1 Å². The van der Waals surface area contributed by atoms with Crippen molar-refractivity contribution in [3.05, 3.63) is 40.1 Å². The highest BCUT2D eigenvalue weighted by Crippen LogP contribution is 2.32. The zero-order valence-corrected chi connectivity index (χ0v) is 12.3. The van der Waals surface area contributed by atoms with Gasteiger partial charge in [-0.2, -0.15) is 4.52 Å². The van der Waals surface area contributed by atoms with Crippen LogP contribution in [0.25, 0.3) is 5.65 Å². The van der Waals surface area contributed by atoms with Gasteiger partial charge in [-0.15, -0.1) is 15.3 Å². The Labute approximate surface area is 132 Å². The van der Waals surface area contributed by atoms with Gasteiger partial charge in [0.15, 0.2) is 11.5 Å². The number of nitrogens with two attached hydrogens (primary N) is 1. The number of hydrogen-bond acceptors (Lipinski definition) is 5. The summed E-state index contributed by atoms with van der Waals surface area (Å²) in [5, 5.41) is 14.5. The fourth-order valence-corrected chi connectivity index (χ4v) is 2.30. The summed E-state index contributed by atoms with van der Waals surface area (Å²) in [7, 11) is 0. The minimum absolute atomic E-state index is 0.217. The van der Waals surface area contributed by atoms with E-state index in [1.807, 2.05) is 0 Å². The Morgan fingerprint density at radius 3 is 2.45 bits per heavy atom. The lowest BCUT2D eigenvalue weighted by Crippen LogP contribution is -2.03. The molecule has 1 aromatic carbocycles. The molecule has 0 aliphatic heterocycles. The lowest BCUT2D eigenvalue weighted by atomic mass is 10.3. The Morgan fingerprint density at radius 1 is 1.14 bits per heavy atom. The number of rotatable bonds is 3. The van der Waals surface area contributed by atoms with Crippen LogP contribution in [-0.4, -0.2) is 19.8 Å². The fraction of sp³-hybridized carbons (Fsp3) is 0.0833. The summed E-state index contributed by atoms with van der Waals surface area (Å²) in [5.74, 6) is -0.238. The lowest BCUT2D eigenvalue weighted by molar-refractivity contribution is 0.137. The third-order valence-corrected chi connectivity index (χ3v) is 3.46. The zero-order valence-electron chi connectivity index (χ0n) is 10.8. The largest absolute Gasteiger partial charge is 0.396 e. The highest BCUT2D eigenvalue weighted by Gasteiger charge is 2.17. The van der Waals surface area contributed by atoms with Crippen LogP contribution in [0.2, 0.25) is 10.0 Å². The van der Waals surface area contributed by atoms with Crippen LogP contribution >= 0.6 is 23.2 Å². The molecule has 0 unspecified atom stereocenters. The molecule has 10 heteroatoms. The lowest BCUT2D eigenvalue weighted by Gasteiger charge is -2.09. The molecule has 0 atom stereocenters. The predicted octanol–water partition coefficient (Wildman–Crippen LogP) is 3.69. The Balaban J connectivity index is 1.99. The van der Waals surface area contributed by atoms with Crippen LogP contribution in [0.5, 0.6) is 0 Å². The van der Waals surface area contributed by atoms with Crippen LogP contribution < -0.4 is 11.1 Å². The van der Waals surface area contributed by atoms with Crippen molar-refractivity contribution < 1.29 is 8.78 Å². The minimum Gasteiger partial charge on any atom is -0.396 e. The third kappa shape index (κ3) is 2.62. The maximum absolute atomic E-state index is 12.8. The molecule has 2 heterocycles. The molecule has 6 nitrogen and oxygen atoms in total. The summed E-state index contributed by atoms with van der Waals surface area (Å²) in [6.45, 7) is 0. The van der Waals surface area contributed by atoms with Gasteiger partial charge in [0, 0.05) is 5.69 Å². The summed E-state index contributed by atoms with van der Waals surface area (Å²) >= 11 is 11.9. The number of nitrogens with one attached hydrogen (secondary N) is 1. The van der Waals surface area contributed by atoms with E-state index in [0.29, 0.717) is 11.5 Å². The summed E-state index contributed by atoms with van der Waals surface area (Å²) in [4.78, 5) is 0. The molecule has 0 fully saturated rings. The van der Waals surface area contributed by atoms with Gasteiger partial charge in [0.05, 0.1) is 15.7 Å². The molecular weight excluding hydrogens is 337 g/mol. The number of halogens is 4. The molecule has 114 valence electrons. The monoisotopic (exact) mass is 344 g/mol. The molecule has 3 rings (SSSR count). The molecule has 0 saturated heterocycles. The molecule has 0 spiro atoms. The predicted molar refractivity (Wildman–Crippen MR) is 79.9 cm³/mol. The molecule has 0 bridgehead atoms. The van der Waals surface area contributed by atoms with Gasteiger partial charge in [0.25, 0.3) is 6.43 Å². The average molecular weight is 345 g/mol. The van der Waals surface area contributed by atoms with E-state index in [0.717, 1.165) is 4.52 Å². The number of nitrogens with zero attached hydrogens (tertiary/aromatic N) is 4. The molecule has 2 aromatic heterocycles. The maximum Gasteiger partial charge on any atom is 0.299 e. The molecule has 0 aliphatic carbocycles. The zero-order chi connectivity index (χ0) is 15.9. The normalized spacial score (nSPS) is 11.3. The van der Waals surface area contributed by atoms with Gasteiger partial charge in [-0.1, -0.05) is 23.2 Å². The molecule has 0 aliphatic rings. The van der Waals surface area contributed by atoms with E-state index >= 15 is 0 Å². The van der Waals surface area contributed by atoms with Gasteiger partial charge in [-0.3, -0.25) is 0 Å². The first-order chi connectivity index (χ1) is 10.5. The molecule has 3 aromatic rings. The first-order valence-electron chi connectivity index (χ1n) is 5.98. The second-order valence-corrected chi connectivity index (χ2v) is 5.14. The maximum atomic E-state index is 12.8. The standard InChI is InChI=1S/C12H8Cl2F2N6/c13-6-3-5(4-7(14)10(6)17)18-8-1-2-9-19-20-12(11(15)16)22(9)21-8/h1-4,11H,17H2,(H,18,21). The van der Waals surface area contributed by atoms with Gasteiger partial charge in [0.1, 0.15) is 0 Å². The van der Waals surface area contributed by atoms with E-state index in [1.54, 1.807) is 18.2 Å². The quantitative estimate of drug-likeness (QED) is 0.708. The van der Waals surface area contributed by atoms with Gasteiger partial charge in [-0.25, -0.2) is 8.78 Å². The van der Waals surface area contributed by atoms with E-state index < -0.39 is 12.2 Å². The van der Waals surface area contributed by atoms with Crippen LogP contribution in [0.3, 0.4) is 0 Å². The van der Waals surface area contributed by atoms with Crippen LogP contribution in [0.1, 0.15) is 12.2 Å². The molecule has 0 radical (unpaired) electrons. The number of nitrogen functional groups attached to an aromatic ring is 1. The van der Waals surface area contributed by atoms with Crippen LogP contribution in [0, 0.1) is 0 Å². The van der Waals surface area contributed by atoms with Crippen LogP contribution in [0.15, 0.2) is 24.3 Å². The second kappa shape index (κ2) is 5.54. The van der Waals surface area contributed by atoms with Gasteiger partial charge in [-0.05, 0) is 24.3 Å². The summed E-state index contributed by atoms with van der Waals surface area (Å²) in [6.07, 6.45) is -2.78. The Bertz CT molecular complexity index is 828. The SMILES string of the molecule is Nc1c(Cl)cc(Nc2ccc3nnc(C(F)F)n3n2)cc1Cl. The number of alkyl halides is 2. The first-order valence-corrected chi connectivity index (χ1v) is 6.73. The van der Waals surface area contributed by atoms with Crippen LogP contribution in [-0.2, 0) is 0 Å². The minimum atomic E-state index is -2.78. The molecule has 3 N–H and O–H groups in total. The third-order valence-electron chi connectivity index (χ3n) is 2.83. The van der Waals surface area contributed by atoms with E-state index in [-0.39, 0.29) is 21.4 Å². The number of fused-ring (bicyclic) bond motifs is 1. The highest BCUT2D eigenvalue weighted by atomic mass is 35.5. The molecule has 0 saturated carbocycles. The van der Waals surface area contributed by atoms with Crippen molar-refractivity contribution in [1.29, 1.82) is 0 Å². The van der Waals surface area contributed by atoms with Crippen molar-refractivity contribution in [2.75, 3.05) is 11.1 Å². The molecular formula is C12H8Cl2F2N6. The van der Waals surface area contributed by atoms with Gasteiger partial charge >= 0.3 is 0 Å². The second-order valence-electron chi connectivity index (χ2n) is 4.33. The van der Waals surface area contributed by atoms with E-state index in [9.17, 15) is 8.78 Å². The van der Waals surface area contributed by atoms with Crippen molar-refractivity contribution in [3.8, 4) is 0 Å². The van der Waals surface area contributed by atoms with Crippen molar-refractivity contribution in [1.82, 2.24) is 19.8 Å². The average Bonchev–Trinajstić information content (AvgIpc) is 2.88. The summed E-state index contributed by atoms with van der Waals surface area (Å²) < 4.78 is 26.6. The summed E-state index contributed by atoms with van der Waals surface area (Å²) in [5.41, 5.74) is 6.64. The van der Waals surface area contributed by atoms with Gasteiger partial charge < -0.3 is 11.1 Å². The molecule has 22 heavy (non-hydrogen) atoms. The molecule has 0 amide bonds. The Kier molecular flexibility index (Phi) is 3.71. The van der Waals surface area contributed by atoms with E-state index in [4.69, 9.17) is 28.9 Å². The van der Waals surface area contributed by atoms with Crippen molar-refractivity contribution in [3.63, 3.8) is 0 Å². The van der Waals surface area contributed by atoms with Crippen molar-refractivity contribution in [2.45, 2.75) is 6.43 Å². The Morgan fingerprint density at radius 2 is 1.82 bits per heavy atom. The number of anilines is 3. The fourth-order valence-electron chi connectivity index (χ4n) is 1.81. The smallest absolute Gasteiger partial charge is 0.299 e. The van der Waals surface area contributed by atoms with Gasteiger partial charge in [0.2, 0.25) is 5.82 Å². The number of benzene rings is 1.